The zero-order valence-corrected chi connectivity index (χ0v) is 16.4. The molecule has 9 heteroatoms. The van der Waals surface area contributed by atoms with Crippen molar-refractivity contribution in [3.8, 4) is 11.5 Å². The first-order valence-corrected chi connectivity index (χ1v) is 9.17. The van der Waals surface area contributed by atoms with E-state index in [2.05, 4.69) is 20.3 Å². The minimum absolute atomic E-state index is 0.121. The number of pyridine rings is 1. The number of nitrogens with zero attached hydrogens (tertiary/aromatic N) is 1. The number of fused-ring (bicyclic) bond motifs is 1. The molecule has 29 heavy (non-hydrogen) atoms. The van der Waals surface area contributed by atoms with Gasteiger partial charge in [0.05, 0.1) is 30.7 Å². The van der Waals surface area contributed by atoms with E-state index in [0.717, 1.165) is 12.0 Å². The van der Waals surface area contributed by atoms with Crippen LogP contribution in [0.2, 0.25) is 0 Å². The Morgan fingerprint density at radius 2 is 2.00 bits per heavy atom. The van der Waals surface area contributed by atoms with Crippen molar-refractivity contribution in [2.75, 3.05) is 13.7 Å². The van der Waals surface area contributed by atoms with Gasteiger partial charge in [-0.15, -0.1) is 0 Å². The minimum atomic E-state index is -0.652. The predicted molar refractivity (Wildman–Crippen MR) is 108 cm³/mol. The van der Waals surface area contributed by atoms with E-state index in [0.29, 0.717) is 18.1 Å². The Morgan fingerprint density at radius 3 is 2.72 bits per heavy atom. The molecule has 0 spiro atoms. The average Bonchev–Trinajstić information content (AvgIpc) is 2.71. The Balaban J connectivity index is 1.80. The van der Waals surface area contributed by atoms with E-state index in [1.54, 1.807) is 13.2 Å². The van der Waals surface area contributed by atoms with Crippen LogP contribution in [-0.4, -0.2) is 34.6 Å². The molecule has 152 valence electrons. The van der Waals surface area contributed by atoms with Crippen molar-refractivity contribution < 1.29 is 14.3 Å². The second-order valence-electron chi connectivity index (χ2n) is 6.48. The van der Waals surface area contributed by atoms with Crippen molar-refractivity contribution in [1.29, 1.82) is 0 Å². The largest absolute Gasteiger partial charge is 0.493 e. The van der Waals surface area contributed by atoms with Crippen LogP contribution in [-0.2, 0) is 0 Å². The molecular formula is C20H22N4O5. The maximum Gasteiger partial charge on any atom is 0.327 e. The first-order chi connectivity index (χ1) is 13.9. The number of ether oxygens (including phenoxy) is 2. The number of carbonyl (C=O) groups excluding carboxylic acids is 1. The molecule has 0 radical (unpaired) electrons. The normalized spacial score (nSPS) is 11.8. The number of hydrogen-bond donors (Lipinski definition) is 3. The summed E-state index contributed by atoms with van der Waals surface area (Å²) < 4.78 is 11.0. The van der Waals surface area contributed by atoms with E-state index >= 15 is 0 Å². The van der Waals surface area contributed by atoms with Gasteiger partial charge in [0.25, 0.3) is 11.5 Å². The molecule has 3 N–H and O–H groups in total. The number of amides is 1. The summed E-state index contributed by atoms with van der Waals surface area (Å²) in [6.45, 7) is 4.44. The molecule has 2 heterocycles. The van der Waals surface area contributed by atoms with Gasteiger partial charge in [0.1, 0.15) is 5.65 Å². The van der Waals surface area contributed by atoms with Crippen molar-refractivity contribution in [1.82, 2.24) is 20.3 Å². The van der Waals surface area contributed by atoms with Gasteiger partial charge < -0.3 is 14.8 Å². The van der Waals surface area contributed by atoms with Crippen LogP contribution in [0, 0.1) is 0 Å². The highest BCUT2D eigenvalue weighted by atomic mass is 16.5. The Hall–Kier alpha value is -3.62. The van der Waals surface area contributed by atoms with Gasteiger partial charge in [-0.2, -0.15) is 0 Å². The summed E-state index contributed by atoms with van der Waals surface area (Å²) in [5.74, 6) is 0.825. The maximum atomic E-state index is 12.6. The third kappa shape index (κ3) is 4.45. The van der Waals surface area contributed by atoms with Crippen LogP contribution in [0.3, 0.4) is 0 Å². The quantitative estimate of drug-likeness (QED) is 0.558. The number of rotatable bonds is 7. The number of methoxy groups -OCH3 is 1. The molecule has 1 amide bonds. The van der Waals surface area contributed by atoms with E-state index in [1.807, 2.05) is 26.0 Å². The van der Waals surface area contributed by atoms with Gasteiger partial charge in [-0.3, -0.25) is 19.6 Å². The molecule has 0 aliphatic heterocycles. The Labute approximate surface area is 166 Å². The molecule has 0 saturated heterocycles. The highest BCUT2D eigenvalue weighted by Gasteiger charge is 2.15. The molecule has 1 atom stereocenters. The van der Waals surface area contributed by atoms with Gasteiger partial charge in [0, 0.05) is 6.20 Å². The Kier molecular flexibility index (Phi) is 5.96. The molecule has 0 aliphatic carbocycles. The van der Waals surface area contributed by atoms with Crippen molar-refractivity contribution in [2.45, 2.75) is 26.3 Å². The van der Waals surface area contributed by atoms with Crippen LogP contribution >= 0.6 is 0 Å². The summed E-state index contributed by atoms with van der Waals surface area (Å²) in [5, 5.41) is 2.99. The number of hydrogen-bond acceptors (Lipinski definition) is 6. The number of H-pyrrole nitrogens is 2. The fraction of sp³-hybridized carbons (Fsp3) is 0.300. The first kappa shape index (κ1) is 20.1. The second-order valence-corrected chi connectivity index (χ2v) is 6.48. The lowest BCUT2D eigenvalue weighted by Crippen LogP contribution is -2.27. The monoisotopic (exact) mass is 398 g/mol. The lowest BCUT2D eigenvalue weighted by Gasteiger charge is -2.17. The summed E-state index contributed by atoms with van der Waals surface area (Å²) in [6, 6.07) is 6.53. The highest BCUT2D eigenvalue weighted by Crippen LogP contribution is 2.30. The summed E-state index contributed by atoms with van der Waals surface area (Å²) in [5.41, 5.74) is -0.102. The van der Waals surface area contributed by atoms with Crippen LogP contribution in [0.5, 0.6) is 11.5 Å². The number of carbonyl (C=O) groups is 1. The number of aromatic nitrogens is 3. The van der Waals surface area contributed by atoms with Crippen molar-refractivity contribution in [3.63, 3.8) is 0 Å². The van der Waals surface area contributed by atoms with Crippen LogP contribution in [0.1, 0.15) is 42.2 Å². The maximum absolute atomic E-state index is 12.6. The van der Waals surface area contributed by atoms with Gasteiger partial charge in [0.2, 0.25) is 0 Å². The van der Waals surface area contributed by atoms with Crippen molar-refractivity contribution in [3.05, 3.63) is 62.4 Å². The molecule has 0 saturated carbocycles. The lowest BCUT2D eigenvalue weighted by molar-refractivity contribution is 0.0939. The van der Waals surface area contributed by atoms with Gasteiger partial charge in [-0.25, -0.2) is 9.78 Å². The molecule has 1 unspecified atom stereocenters. The molecule has 9 nitrogen and oxygen atoms in total. The van der Waals surface area contributed by atoms with E-state index in [-0.39, 0.29) is 22.6 Å². The van der Waals surface area contributed by atoms with E-state index in [4.69, 9.17) is 9.47 Å². The third-order valence-corrected chi connectivity index (χ3v) is 4.35. The first-order valence-electron chi connectivity index (χ1n) is 9.17. The van der Waals surface area contributed by atoms with E-state index < -0.39 is 17.2 Å². The van der Waals surface area contributed by atoms with Crippen LogP contribution in [0.15, 0.2) is 40.1 Å². The summed E-state index contributed by atoms with van der Waals surface area (Å²) in [4.78, 5) is 44.4. The summed E-state index contributed by atoms with van der Waals surface area (Å²) in [7, 11) is 1.56. The predicted octanol–water partition coefficient (Wildman–Crippen LogP) is 1.90. The van der Waals surface area contributed by atoms with Crippen LogP contribution in [0.25, 0.3) is 11.0 Å². The zero-order valence-electron chi connectivity index (χ0n) is 16.4. The smallest absolute Gasteiger partial charge is 0.327 e. The standard InChI is InChI=1S/C20H22N4O5/c1-4-7-29-15-6-5-12(9-16(15)28-3)11(2)22-18(25)13-8-14-17(21-10-13)23-20(27)24-19(14)26/h5-6,8-11H,4,7H2,1-3H3,(H,22,25)(H2,21,23,24,26,27). The second kappa shape index (κ2) is 8.59. The fourth-order valence-corrected chi connectivity index (χ4v) is 2.82. The fourth-order valence-electron chi connectivity index (χ4n) is 2.82. The van der Waals surface area contributed by atoms with Gasteiger partial charge in [0.15, 0.2) is 11.5 Å². The number of benzene rings is 1. The van der Waals surface area contributed by atoms with Crippen molar-refractivity contribution >= 4 is 16.9 Å². The third-order valence-electron chi connectivity index (χ3n) is 4.35. The zero-order chi connectivity index (χ0) is 21.0. The van der Waals surface area contributed by atoms with E-state index in [9.17, 15) is 14.4 Å². The summed E-state index contributed by atoms with van der Waals surface area (Å²) in [6.07, 6.45) is 2.19. The SMILES string of the molecule is CCCOc1ccc(C(C)NC(=O)c2cnc3[nH]c(=O)[nH]c(=O)c3c2)cc1OC. The molecule has 0 fully saturated rings. The molecule has 3 aromatic rings. The number of nitrogens with one attached hydrogen (secondary N) is 3. The van der Waals surface area contributed by atoms with Crippen LogP contribution < -0.4 is 26.0 Å². The molecule has 0 aliphatic rings. The number of aromatic amines is 2. The minimum Gasteiger partial charge on any atom is -0.493 e. The molecule has 3 rings (SSSR count). The molecule has 2 aromatic heterocycles. The van der Waals surface area contributed by atoms with Crippen molar-refractivity contribution in [2.24, 2.45) is 0 Å². The van der Waals surface area contributed by atoms with Gasteiger partial charge in [-0.1, -0.05) is 13.0 Å². The van der Waals surface area contributed by atoms with Gasteiger partial charge >= 0.3 is 5.69 Å². The Bertz CT molecular complexity index is 1150. The molecule has 1 aromatic carbocycles. The highest BCUT2D eigenvalue weighted by molar-refractivity contribution is 5.96. The van der Waals surface area contributed by atoms with Crippen LogP contribution in [0.4, 0.5) is 0 Å². The molecule has 0 bridgehead atoms. The molecular weight excluding hydrogens is 376 g/mol. The van der Waals surface area contributed by atoms with Gasteiger partial charge in [-0.05, 0) is 37.1 Å². The average molecular weight is 398 g/mol. The lowest BCUT2D eigenvalue weighted by atomic mass is 10.1. The summed E-state index contributed by atoms with van der Waals surface area (Å²) >= 11 is 0. The van der Waals surface area contributed by atoms with E-state index in [1.165, 1.54) is 12.3 Å². The topological polar surface area (TPSA) is 126 Å². The Morgan fingerprint density at radius 1 is 1.21 bits per heavy atom.